The monoisotopic (exact) mass is 265 g/mol. The SMILES string of the molecule is COC(=O)C1(NC(=O)c2ccoc2)CCCCC1C. The highest BCUT2D eigenvalue weighted by atomic mass is 16.5. The van der Waals surface area contributed by atoms with Crippen molar-refractivity contribution in [3.05, 3.63) is 24.2 Å². The predicted molar refractivity (Wildman–Crippen MR) is 68.6 cm³/mol. The van der Waals surface area contributed by atoms with Crippen LogP contribution in [-0.2, 0) is 9.53 Å². The summed E-state index contributed by atoms with van der Waals surface area (Å²) in [6.07, 6.45) is 6.30. The Morgan fingerprint density at radius 1 is 1.47 bits per heavy atom. The summed E-state index contributed by atoms with van der Waals surface area (Å²) < 4.78 is 9.80. The van der Waals surface area contributed by atoms with Gasteiger partial charge in [0.2, 0.25) is 0 Å². The van der Waals surface area contributed by atoms with Crippen LogP contribution in [0.1, 0.15) is 43.0 Å². The fraction of sp³-hybridized carbons (Fsp3) is 0.571. The lowest BCUT2D eigenvalue weighted by Crippen LogP contribution is -2.60. The molecule has 5 nitrogen and oxygen atoms in total. The van der Waals surface area contributed by atoms with E-state index in [0.29, 0.717) is 12.0 Å². The highest BCUT2D eigenvalue weighted by Crippen LogP contribution is 2.35. The zero-order chi connectivity index (χ0) is 13.9. The van der Waals surface area contributed by atoms with E-state index in [9.17, 15) is 9.59 Å². The number of hydrogen-bond acceptors (Lipinski definition) is 4. The molecule has 2 rings (SSSR count). The molecule has 1 aromatic rings. The van der Waals surface area contributed by atoms with Gasteiger partial charge in [0, 0.05) is 0 Å². The number of amides is 1. The van der Waals surface area contributed by atoms with Gasteiger partial charge in [-0.3, -0.25) is 4.79 Å². The Labute approximate surface area is 112 Å². The normalized spacial score (nSPS) is 26.7. The van der Waals surface area contributed by atoms with Crippen LogP contribution >= 0.6 is 0 Å². The quantitative estimate of drug-likeness (QED) is 0.850. The van der Waals surface area contributed by atoms with E-state index in [1.165, 1.54) is 19.6 Å². The molecule has 1 aliphatic carbocycles. The molecule has 1 amide bonds. The first-order valence-corrected chi connectivity index (χ1v) is 6.53. The summed E-state index contributed by atoms with van der Waals surface area (Å²) >= 11 is 0. The van der Waals surface area contributed by atoms with Gasteiger partial charge in [-0.05, 0) is 24.8 Å². The molecule has 1 saturated carbocycles. The number of carbonyl (C=O) groups is 2. The lowest BCUT2D eigenvalue weighted by atomic mass is 9.73. The lowest BCUT2D eigenvalue weighted by Gasteiger charge is -2.40. The van der Waals surface area contributed by atoms with E-state index in [1.54, 1.807) is 6.07 Å². The molecule has 1 N–H and O–H groups in total. The maximum Gasteiger partial charge on any atom is 0.331 e. The van der Waals surface area contributed by atoms with Crippen LogP contribution in [-0.4, -0.2) is 24.5 Å². The highest BCUT2D eigenvalue weighted by Gasteiger charge is 2.47. The lowest BCUT2D eigenvalue weighted by molar-refractivity contribution is -0.152. The Bertz CT molecular complexity index is 454. The van der Waals surface area contributed by atoms with Gasteiger partial charge in [0.1, 0.15) is 11.8 Å². The molecule has 0 saturated heterocycles. The van der Waals surface area contributed by atoms with E-state index in [4.69, 9.17) is 9.15 Å². The number of methoxy groups -OCH3 is 1. The smallest absolute Gasteiger partial charge is 0.331 e. The van der Waals surface area contributed by atoms with Crippen LogP contribution in [0, 0.1) is 5.92 Å². The van der Waals surface area contributed by atoms with E-state index in [2.05, 4.69) is 5.32 Å². The summed E-state index contributed by atoms with van der Waals surface area (Å²) in [6.45, 7) is 1.98. The average molecular weight is 265 g/mol. The van der Waals surface area contributed by atoms with Crippen LogP contribution < -0.4 is 5.32 Å². The second-order valence-corrected chi connectivity index (χ2v) is 5.08. The Morgan fingerprint density at radius 2 is 2.26 bits per heavy atom. The van der Waals surface area contributed by atoms with Crippen molar-refractivity contribution >= 4 is 11.9 Å². The number of esters is 1. The molecule has 0 spiro atoms. The number of ether oxygens (including phenoxy) is 1. The molecule has 0 bridgehead atoms. The molecule has 2 unspecified atom stereocenters. The van der Waals surface area contributed by atoms with E-state index in [-0.39, 0.29) is 17.8 Å². The van der Waals surface area contributed by atoms with E-state index in [0.717, 1.165) is 19.3 Å². The van der Waals surface area contributed by atoms with Crippen molar-refractivity contribution < 1.29 is 18.7 Å². The van der Waals surface area contributed by atoms with Crippen molar-refractivity contribution in [3.63, 3.8) is 0 Å². The van der Waals surface area contributed by atoms with E-state index < -0.39 is 5.54 Å². The van der Waals surface area contributed by atoms with Gasteiger partial charge in [0.25, 0.3) is 5.91 Å². The third-order valence-electron chi connectivity index (χ3n) is 3.97. The third kappa shape index (κ3) is 2.50. The number of hydrogen-bond donors (Lipinski definition) is 1. The molecule has 19 heavy (non-hydrogen) atoms. The summed E-state index contributed by atoms with van der Waals surface area (Å²) in [4.78, 5) is 24.3. The Balaban J connectivity index is 2.23. The summed E-state index contributed by atoms with van der Waals surface area (Å²) in [5.41, 5.74) is -0.498. The first-order chi connectivity index (χ1) is 9.10. The maximum absolute atomic E-state index is 12.2. The van der Waals surface area contributed by atoms with Gasteiger partial charge in [0.05, 0.1) is 18.9 Å². The molecule has 1 fully saturated rings. The van der Waals surface area contributed by atoms with Crippen LogP contribution in [0.2, 0.25) is 0 Å². The Morgan fingerprint density at radius 3 is 2.84 bits per heavy atom. The van der Waals surface area contributed by atoms with Crippen molar-refractivity contribution in [1.29, 1.82) is 0 Å². The van der Waals surface area contributed by atoms with E-state index >= 15 is 0 Å². The molecule has 1 aliphatic rings. The molecule has 104 valence electrons. The van der Waals surface area contributed by atoms with Gasteiger partial charge in [-0.15, -0.1) is 0 Å². The van der Waals surface area contributed by atoms with Crippen LogP contribution in [0.25, 0.3) is 0 Å². The maximum atomic E-state index is 12.2. The van der Waals surface area contributed by atoms with Crippen molar-refractivity contribution in [2.45, 2.75) is 38.1 Å². The summed E-state index contributed by atoms with van der Waals surface area (Å²) in [5.74, 6) is -0.603. The number of nitrogens with one attached hydrogen (secondary N) is 1. The minimum atomic E-state index is -0.915. The third-order valence-corrected chi connectivity index (χ3v) is 3.97. The molecule has 5 heteroatoms. The second kappa shape index (κ2) is 5.47. The molecule has 0 aromatic carbocycles. The molecular formula is C14H19NO4. The van der Waals surface area contributed by atoms with Gasteiger partial charge in [0.15, 0.2) is 0 Å². The standard InChI is InChI=1S/C14H19NO4/c1-10-5-3-4-7-14(10,13(17)18-2)15-12(16)11-6-8-19-9-11/h6,8-10H,3-5,7H2,1-2H3,(H,15,16). The zero-order valence-corrected chi connectivity index (χ0v) is 11.3. The largest absolute Gasteiger partial charge is 0.472 e. The zero-order valence-electron chi connectivity index (χ0n) is 11.3. The number of carbonyl (C=O) groups excluding carboxylic acids is 2. The van der Waals surface area contributed by atoms with Gasteiger partial charge in [-0.25, -0.2) is 4.79 Å². The van der Waals surface area contributed by atoms with Crippen LogP contribution in [0.15, 0.2) is 23.0 Å². The Hall–Kier alpha value is -1.78. The fourth-order valence-electron chi connectivity index (χ4n) is 2.74. The van der Waals surface area contributed by atoms with Crippen molar-refractivity contribution in [2.24, 2.45) is 5.92 Å². The van der Waals surface area contributed by atoms with Gasteiger partial charge >= 0.3 is 5.97 Å². The molecule has 0 radical (unpaired) electrons. The summed E-state index contributed by atoms with van der Waals surface area (Å²) in [5, 5.41) is 2.86. The summed E-state index contributed by atoms with van der Waals surface area (Å²) in [7, 11) is 1.36. The first-order valence-electron chi connectivity index (χ1n) is 6.53. The minimum Gasteiger partial charge on any atom is -0.472 e. The van der Waals surface area contributed by atoms with E-state index in [1.807, 2.05) is 6.92 Å². The fourth-order valence-corrected chi connectivity index (χ4v) is 2.74. The summed E-state index contributed by atoms with van der Waals surface area (Å²) in [6, 6.07) is 1.58. The van der Waals surface area contributed by atoms with Crippen molar-refractivity contribution in [2.75, 3.05) is 7.11 Å². The van der Waals surface area contributed by atoms with Crippen molar-refractivity contribution in [1.82, 2.24) is 5.32 Å². The molecule has 2 atom stereocenters. The molecule has 1 heterocycles. The van der Waals surface area contributed by atoms with Gasteiger partial charge < -0.3 is 14.5 Å². The van der Waals surface area contributed by atoms with Crippen LogP contribution in [0.3, 0.4) is 0 Å². The second-order valence-electron chi connectivity index (χ2n) is 5.08. The average Bonchev–Trinajstić information content (AvgIpc) is 2.94. The topological polar surface area (TPSA) is 68.5 Å². The molecule has 0 aliphatic heterocycles. The molecular weight excluding hydrogens is 246 g/mol. The Kier molecular flexibility index (Phi) is 3.93. The van der Waals surface area contributed by atoms with Crippen LogP contribution in [0.5, 0.6) is 0 Å². The molecule has 1 aromatic heterocycles. The first kappa shape index (κ1) is 13.6. The number of furan rings is 1. The van der Waals surface area contributed by atoms with Gasteiger partial charge in [-0.1, -0.05) is 19.8 Å². The minimum absolute atomic E-state index is 0.0598. The van der Waals surface area contributed by atoms with Crippen molar-refractivity contribution in [3.8, 4) is 0 Å². The predicted octanol–water partition coefficient (Wildman–Crippen LogP) is 2.13. The highest BCUT2D eigenvalue weighted by molar-refractivity contribution is 5.98. The number of rotatable bonds is 3. The van der Waals surface area contributed by atoms with Gasteiger partial charge in [-0.2, -0.15) is 0 Å². The van der Waals surface area contributed by atoms with Crippen LogP contribution in [0.4, 0.5) is 0 Å².